The van der Waals surface area contributed by atoms with E-state index in [9.17, 15) is 5.11 Å². The van der Waals surface area contributed by atoms with Gasteiger partial charge in [0.1, 0.15) is 5.75 Å². The van der Waals surface area contributed by atoms with Crippen molar-refractivity contribution in [1.29, 1.82) is 0 Å². The number of fused-ring (bicyclic) bond motifs is 1. The van der Waals surface area contributed by atoms with Crippen LogP contribution in [0.25, 0.3) is 0 Å². The molecule has 0 heterocycles. The van der Waals surface area contributed by atoms with Crippen molar-refractivity contribution in [3.63, 3.8) is 0 Å². The second-order valence-electron chi connectivity index (χ2n) is 5.80. The second kappa shape index (κ2) is 5.70. The number of hydrogen-bond acceptors (Lipinski definition) is 1. The maximum absolute atomic E-state index is 9.49. The summed E-state index contributed by atoms with van der Waals surface area (Å²) in [6.45, 7) is 2.29. The summed E-state index contributed by atoms with van der Waals surface area (Å²) in [7, 11) is 0. The summed E-state index contributed by atoms with van der Waals surface area (Å²) in [6.07, 6.45) is 4.85. The Morgan fingerprint density at radius 1 is 1.05 bits per heavy atom. The predicted octanol–water partition coefficient (Wildman–Crippen LogP) is 5.01. The number of phenols is 1. The van der Waals surface area contributed by atoms with Crippen LogP contribution in [0.5, 0.6) is 5.75 Å². The van der Waals surface area contributed by atoms with Gasteiger partial charge in [-0.15, -0.1) is 0 Å². The Morgan fingerprint density at radius 2 is 1.80 bits per heavy atom. The molecule has 0 spiro atoms. The highest BCUT2D eigenvalue weighted by Crippen LogP contribution is 2.43. The molecule has 1 heteroatoms. The van der Waals surface area contributed by atoms with Crippen molar-refractivity contribution in [3.8, 4) is 5.75 Å². The predicted molar refractivity (Wildman–Crippen MR) is 83.3 cm³/mol. The van der Waals surface area contributed by atoms with Crippen molar-refractivity contribution in [2.45, 2.75) is 44.4 Å². The van der Waals surface area contributed by atoms with Crippen molar-refractivity contribution in [2.75, 3.05) is 0 Å². The van der Waals surface area contributed by atoms with E-state index in [-0.39, 0.29) is 0 Å². The van der Waals surface area contributed by atoms with Crippen molar-refractivity contribution >= 4 is 0 Å². The summed E-state index contributed by atoms with van der Waals surface area (Å²) in [5.74, 6) is 1.53. The molecule has 2 aromatic carbocycles. The summed E-state index contributed by atoms with van der Waals surface area (Å²) >= 11 is 0. The number of hydrogen-bond donors (Lipinski definition) is 1. The average molecular weight is 266 g/mol. The number of aryl methyl sites for hydroxylation is 1. The lowest BCUT2D eigenvalue weighted by molar-refractivity contribution is 0.471. The van der Waals surface area contributed by atoms with Gasteiger partial charge in [-0.3, -0.25) is 0 Å². The molecule has 1 aliphatic rings. The third kappa shape index (κ3) is 2.45. The molecule has 0 aromatic heterocycles. The molecule has 0 saturated heterocycles. The van der Waals surface area contributed by atoms with Crippen molar-refractivity contribution in [1.82, 2.24) is 0 Å². The fourth-order valence-electron chi connectivity index (χ4n) is 3.68. The van der Waals surface area contributed by atoms with E-state index in [1.54, 1.807) is 0 Å². The van der Waals surface area contributed by atoms with Crippen LogP contribution in [0.4, 0.5) is 0 Å². The minimum absolute atomic E-state index is 0.357. The third-order valence-corrected chi connectivity index (χ3v) is 4.66. The molecule has 0 amide bonds. The first-order valence-electron chi connectivity index (χ1n) is 7.66. The molecule has 0 aliphatic heterocycles. The Bertz CT molecular complexity index is 571. The molecule has 2 aromatic rings. The monoisotopic (exact) mass is 266 g/mol. The molecule has 104 valence electrons. The first-order valence-corrected chi connectivity index (χ1v) is 7.66. The molecular weight excluding hydrogens is 244 g/mol. The van der Waals surface area contributed by atoms with E-state index in [1.165, 1.54) is 42.4 Å². The molecule has 0 fully saturated rings. The van der Waals surface area contributed by atoms with Gasteiger partial charge < -0.3 is 5.11 Å². The van der Waals surface area contributed by atoms with Gasteiger partial charge in [0.15, 0.2) is 0 Å². The normalized spacial score (nSPS) is 22.1. The van der Waals surface area contributed by atoms with E-state index in [0.717, 1.165) is 0 Å². The molecule has 0 saturated carbocycles. The van der Waals surface area contributed by atoms with Crippen molar-refractivity contribution < 1.29 is 5.11 Å². The maximum Gasteiger partial charge on any atom is 0.115 e. The van der Waals surface area contributed by atoms with Gasteiger partial charge in [-0.1, -0.05) is 43.3 Å². The zero-order valence-corrected chi connectivity index (χ0v) is 12.0. The quantitative estimate of drug-likeness (QED) is 0.758. The molecule has 2 unspecified atom stereocenters. The van der Waals surface area contributed by atoms with Gasteiger partial charge >= 0.3 is 0 Å². The number of aromatic hydroxyl groups is 1. The largest absolute Gasteiger partial charge is 0.508 e. The first-order chi connectivity index (χ1) is 9.79. The van der Waals surface area contributed by atoms with Crippen molar-refractivity contribution in [2.24, 2.45) is 0 Å². The van der Waals surface area contributed by atoms with E-state index in [0.29, 0.717) is 17.6 Å². The van der Waals surface area contributed by atoms with Crippen LogP contribution >= 0.6 is 0 Å². The van der Waals surface area contributed by atoms with Crippen LogP contribution in [-0.4, -0.2) is 5.11 Å². The number of rotatable bonds is 2. The van der Waals surface area contributed by atoms with Crippen LogP contribution in [-0.2, 0) is 6.42 Å². The molecule has 1 aliphatic carbocycles. The summed E-state index contributed by atoms with van der Waals surface area (Å²) in [6, 6.07) is 16.7. The molecular formula is C19H22O. The molecule has 0 bridgehead atoms. The Balaban J connectivity index is 2.01. The summed E-state index contributed by atoms with van der Waals surface area (Å²) in [4.78, 5) is 0. The van der Waals surface area contributed by atoms with Gasteiger partial charge in [-0.2, -0.15) is 0 Å². The van der Waals surface area contributed by atoms with Crippen LogP contribution in [0.15, 0.2) is 48.5 Å². The van der Waals surface area contributed by atoms with Crippen molar-refractivity contribution in [3.05, 3.63) is 65.2 Å². The highest BCUT2D eigenvalue weighted by Gasteiger charge is 2.27. The molecule has 0 radical (unpaired) electrons. The van der Waals surface area contributed by atoms with E-state index in [1.807, 2.05) is 12.1 Å². The maximum atomic E-state index is 9.49. The lowest BCUT2D eigenvalue weighted by Gasteiger charge is -2.26. The van der Waals surface area contributed by atoms with Gasteiger partial charge in [0.2, 0.25) is 0 Å². The Labute approximate surface area is 121 Å². The standard InChI is InChI=1S/C19H22O/c1-2-17-18-8-4-3-6-14(18)7-5-9-19(17)15-10-12-16(20)13-11-15/h3-4,6,8,10-13,17,19-20H,2,5,7,9H2,1H3. The average Bonchev–Trinajstić information content (AvgIpc) is 2.67. The van der Waals surface area contributed by atoms with Crippen LogP contribution in [0.3, 0.4) is 0 Å². The Hall–Kier alpha value is -1.76. The molecule has 20 heavy (non-hydrogen) atoms. The van der Waals surface area contributed by atoms with Crippen LogP contribution < -0.4 is 0 Å². The lowest BCUT2D eigenvalue weighted by Crippen LogP contribution is -2.10. The van der Waals surface area contributed by atoms with Gasteiger partial charge in [0, 0.05) is 0 Å². The molecule has 1 N–H and O–H groups in total. The zero-order chi connectivity index (χ0) is 13.9. The summed E-state index contributed by atoms with van der Waals surface area (Å²) in [5, 5.41) is 9.49. The van der Waals surface area contributed by atoms with Gasteiger partial charge in [0.05, 0.1) is 0 Å². The van der Waals surface area contributed by atoms with E-state index < -0.39 is 0 Å². The Kier molecular flexibility index (Phi) is 3.77. The SMILES string of the molecule is CCC1c2ccccc2CCCC1c1ccc(O)cc1. The van der Waals surface area contributed by atoms with Crippen LogP contribution in [0.2, 0.25) is 0 Å². The zero-order valence-electron chi connectivity index (χ0n) is 12.0. The molecule has 3 rings (SSSR count). The fourth-order valence-corrected chi connectivity index (χ4v) is 3.68. The minimum Gasteiger partial charge on any atom is -0.508 e. The topological polar surface area (TPSA) is 20.2 Å². The van der Waals surface area contributed by atoms with Crippen LogP contribution in [0.1, 0.15) is 54.7 Å². The third-order valence-electron chi connectivity index (χ3n) is 4.66. The summed E-state index contributed by atoms with van der Waals surface area (Å²) in [5.41, 5.74) is 4.43. The molecule has 1 nitrogen and oxygen atoms in total. The number of benzene rings is 2. The van der Waals surface area contributed by atoms with Gasteiger partial charge in [-0.05, 0) is 66.3 Å². The number of phenolic OH excluding ortho intramolecular Hbond substituents is 1. The van der Waals surface area contributed by atoms with E-state index >= 15 is 0 Å². The van der Waals surface area contributed by atoms with E-state index in [4.69, 9.17) is 0 Å². The lowest BCUT2D eigenvalue weighted by atomic mass is 9.78. The van der Waals surface area contributed by atoms with Crippen LogP contribution in [0, 0.1) is 0 Å². The van der Waals surface area contributed by atoms with E-state index in [2.05, 4.69) is 43.3 Å². The van der Waals surface area contributed by atoms with Gasteiger partial charge in [0.25, 0.3) is 0 Å². The Morgan fingerprint density at radius 3 is 2.55 bits per heavy atom. The second-order valence-corrected chi connectivity index (χ2v) is 5.80. The minimum atomic E-state index is 0.357. The highest BCUT2D eigenvalue weighted by atomic mass is 16.3. The summed E-state index contributed by atoms with van der Waals surface area (Å²) < 4.78 is 0. The fraction of sp³-hybridized carbons (Fsp3) is 0.368. The smallest absolute Gasteiger partial charge is 0.115 e. The van der Waals surface area contributed by atoms with Gasteiger partial charge in [-0.25, -0.2) is 0 Å². The highest BCUT2D eigenvalue weighted by molar-refractivity contribution is 5.37. The first kappa shape index (κ1) is 13.2. The molecule has 2 atom stereocenters.